The van der Waals surface area contributed by atoms with Crippen molar-refractivity contribution in [3.8, 4) is 0 Å². The van der Waals surface area contributed by atoms with Gasteiger partial charge < -0.3 is 10.6 Å². The second-order valence-electron chi connectivity index (χ2n) is 4.47. The molecule has 0 spiro atoms. The first-order valence-corrected chi connectivity index (χ1v) is 6.48. The molecule has 2 rings (SSSR count). The maximum atomic E-state index is 12.2. The number of rotatable bonds is 4. The Balaban J connectivity index is 2.08. The van der Waals surface area contributed by atoms with Crippen LogP contribution in [0.5, 0.6) is 0 Å². The molecule has 1 aliphatic rings. The molecule has 0 radical (unpaired) electrons. The monoisotopic (exact) mass is 238 g/mol. The summed E-state index contributed by atoms with van der Waals surface area (Å²) >= 11 is 1.55. The largest absolute Gasteiger partial charge is 0.336 e. The highest BCUT2D eigenvalue weighted by molar-refractivity contribution is 7.13. The van der Waals surface area contributed by atoms with E-state index in [0.717, 1.165) is 4.88 Å². The average Bonchev–Trinajstić information content (AvgIpc) is 3.00. The number of nitrogens with two attached hydrogens (primary N) is 1. The molecule has 2 N–H and O–H groups in total. The van der Waals surface area contributed by atoms with E-state index in [4.69, 9.17) is 5.73 Å². The minimum absolute atomic E-state index is 0.112. The molecule has 1 amide bonds. The molecular formula is C12H18N2OS. The highest BCUT2D eigenvalue weighted by Crippen LogP contribution is 2.35. The number of nitrogens with zero attached hydrogens (tertiary/aromatic N) is 1. The van der Waals surface area contributed by atoms with Crippen molar-refractivity contribution in [3.05, 3.63) is 21.9 Å². The summed E-state index contributed by atoms with van der Waals surface area (Å²) in [4.78, 5) is 16.0. The first kappa shape index (κ1) is 11.6. The SMILES string of the molecule is Cc1ccc(C(=O)N(C)C(CN)C2CC2)s1. The van der Waals surface area contributed by atoms with E-state index >= 15 is 0 Å². The average molecular weight is 238 g/mol. The number of thiophene rings is 1. The lowest BCUT2D eigenvalue weighted by molar-refractivity contribution is 0.0723. The van der Waals surface area contributed by atoms with Gasteiger partial charge in [-0.15, -0.1) is 11.3 Å². The van der Waals surface area contributed by atoms with E-state index in [0.29, 0.717) is 12.5 Å². The summed E-state index contributed by atoms with van der Waals surface area (Å²) in [6.07, 6.45) is 2.42. The van der Waals surface area contributed by atoms with Crippen LogP contribution in [0.1, 0.15) is 27.4 Å². The van der Waals surface area contributed by atoms with Crippen LogP contribution < -0.4 is 5.73 Å². The maximum Gasteiger partial charge on any atom is 0.263 e. The normalized spacial score (nSPS) is 17.2. The number of hydrogen-bond donors (Lipinski definition) is 1. The molecule has 1 fully saturated rings. The molecule has 0 saturated heterocycles. The number of carbonyl (C=O) groups excluding carboxylic acids is 1. The molecule has 3 nitrogen and oxygen atoms in total. The highest BCUT2D eigenvalue weighted by Gasteiger charge is 2.35. The summed E-state index contributed by atoms with van der Waals surface area (Å²) in [5.74, 6) is 0.737. The molecule has 0 aliphatic heterocycles. The maximum absolute atomic E-state index is 12.2. The smallest absolute Gasteiger partial charge is 0.263 e. The van der Waals surface area contributed by atoms with Crippen LogP contribution in [-0.2, 0) is 0 Å². The second kappa shape index (κ2) is 4.55. The Labute approximate surface area is 100 Å². The van der Waals surface area contributed by atoms with Gasteiger partial charge in [-0.05, 0) is 37.8 Å². The lowest BCUT2D eigenvalue weighted by atomic mass is 10.1. The molecule has 0 bridgehead atoms. The van der Waals surface area contributed by atoms with Gasteiger partial charge in [0.1, 0.15) is 0 Å². The minimum atomic E-state index is 0.112. The van der Waals surface area contributed by atoms with Gasteiger partial charge in [-0.25, -0.2) is 0 Å². The summed E-state index contributed by atoms with van der Waals surface area (Å²) in [6, 6.07) is 4.11. The van der Waals surface area contributed by atoms with Crippen molar-refractivity contribution in [2.24, 2.45) is 11.7 Å². The number of amides is 1. The topological polar surface area (TPSA) is 46.3 Å². The predicted molar refractivity (Wildman–Crippen MR) is 66.7 cm³/mol. The van der Waals surface area contributed by atoms with Crippen LogP contribution in [0.25, 0.3) is 0 Å². The fourth-order valence-corrected chi connectivity index (χ4v) is 2.87. The molecule has 16 heavy (non-hydrogen) atoms. The van der Waals surface area contributed by atoms with Gasteiger partial charge in [0.25, 0.3) is 5.91 Å². The van der Waals surface area contributed by atoms with E-state index in [9.17, 15) is 4.79 Å². The van der Waals surface area contributed by atoms with Gasteiger partial charge in [0.15, 0.2) is 0 Å². The Morgan fingerprint density at radius 1 is 1.62 bits per heavy atom. The van der Waals surface area contributed by atoms with Gasteiger partial charge in [0.2, 0.25) is 0 Å². The van der Waals surface area contributed by atoms with Crippen molar-refractivity contribution in [1.82, 2.24) is 4.90 Å². The minimum Gasteiger partial charge on any atom is -0.336 e. The summed E-state index contributed by atoms with van der Waals surface area (Å²) < 4.78 is 0. The predicted octanol–water partition coefficient (Wildman–Crippen LogP) is 1.87. The first-order valence-electron chi connectivity index (χ1n) is 5.67. The van der Waals surface area contributed by atoms with E-state index in [1.165, 1.54) is 17.7 Å². The van der Waals surface area contributed by atoms with Crippen LogP contribution >= 0.6 is 11.3 Å². The van der Waals surface area contributed by atoms with Crippen molar-refractivity contribution < 1.29 is 4.79 Å². The highest BCUT2D eigenvalue weighted by atomic mass is 32.1. The summed E-state index contributed by atoms with van der Waals surface area (Å²) in [5.41, 5.74) is 5.75. The number of likely N-dealkylation sites (N-methyl/N-ethyl adjacent to an activating group) is 1. The van der Waals surface area contributed by atoms with Crippen molar-refractivity contribution >= 4 is 17.2 Å². The van der Waals surface area contributed by atoms with Gasteiger partial charge in [-0.3, -0.25) is 4.79 Å². The van der Waals surface area contributed by atoms with E-state index < -0.39 is 0 Å². The third-order valence-electron chi connectivity index (χ3n) is 3.18. The second-order valence-corrected chi connectivity index (χ2v) is 5.75. The van der Waals surface area contributed by atoms with Gasteiger partial charge in [0.05, 0.1) is 4.88 Å². The van der Waals surface area contributed by atoms with E-state index in [1.54, 1.807) is 11.3 Å². The van der Waals surface area contributed by atoms with Crippen molar-refractivity contribution in [3.63, 3.8) is 0 Å². The van der Waals surface area contributed by atoms with E-state index in [-0.39, 0.29) is 11.9 Å². The molecule has 4 heteroatoms. The van der Waals surface area contributed by atoms with Gasteiger partial charge in [-0.2, -0.15) is 0 Å². The van der Waals surface area contributed by atoms with Crippen molar-refractivity contribution in [2.45, 2.75) is 25.8 Å². The molecule has 1 aliphatic carbocycles. The van der Waals surface area contributed by atoms with E-state index in [2.05, 4.69) is 0 Å². The van der Waals surface area contributed by atoms with Crippen molar-refractivity contribution in [1.29, 1.82) is 0 Å². The number of carbonyl (C=O) groups is 1. The van der Waals surface area contributed by atoms with E-state index in [1.807, 2.05) is 31.0 Å². The quantitative estimate of drug-likeness (QED) is 0.870. The lowest BCUT2D eigenvalue weighted by Crippen LogP contribution is -2.43. The molecular weight excluding hydrogens is 220 g/mol. The van der Waals surface area contributed by atoms with Gasteiger partial charge in [0, 0.05) is 24.5 Å². The van der Waals surface area contributed by atoms with Crippen LogP contribution in [-0.4, -0.2) is 30.4 Å². The number of aryl methyl sites for hydroxylation is 1. The third-order valence-corrected chi connectivity index (χ3v) is 4.17. The lowest BCUT2D eigenvalue weighted by Gasteiger charge is -2.26. The van der Waals surface area contributed by atoms with Crippen LogP contribution in [0.4, 0.5) is 0 Å². The summed E-state index contributed by atoms with van der Waals surface area (Å²) in [5, 5.41) is 0. The molecule has 88 valence electrons. The van der Waals surface area contributed by atoms with Gasteiger partial charge in [-0.1, -0.05) is 0 Å². The molecule has 1 heterocycles. The standard InChI is InChI=1S/C12H18N2OS/c1-8-3-6-11(16-8)12(15)14(2)10(7-13)9-4-5-9/h3,6,9-10H,4-5,7,13H2,1-2H3. The molecule has 1 saturated carbocycles. The Morgan fingerprint density at radius 2 is 2.31 bits per heavy atom. The summed E-state index contributed by atoms with van der Waals surface area (Å²) in [7, 11) is 1.87. The molecule has 1 aromatic rings. The van der Waals surface area contributed by atoms with Crippen LogP contribution in [0.15, 0.2) is 12.1 Å². The van der Waals surface area contributed by atoms with Crippen LogP contribution in [0.2, 0.25) is 0 Å². The summed E-state index contributed by atoms with van der Waals surface area (Å²) in [6.45, 7) is 2.58. The zero-order chi connectivity index (χ0) is 11.7. The molecule has 1 unspecified atom stereocenters. The third kappa shape index (κ3) is 2.28. The number of hydrogen-bond acceptors (Lipinski definition) is 3. The Hall–Kier alpha value is -0.870. The molecule has 1 aromatic heterocycles. The van der Waals surface area contributed by atoms with Crippen LogP contribution in [0.3, 0.4) is 0 Å². The van der Waals surface area contributed by atoms with Crippen LogP contribution in [0, 0.1) is 12.8 Å². The van der Waals surface area contributed by atoms with Crippen molar-refractivity contribution in [2.75, 3.05) is 13.6 Å². The van der Waals surface area contributed by atoms with Gasteiger partial charge >= 0.3 is 0 Å². The zero-order valence-corrected chi connectivity index (χ0v) is 10.6. The fraction of sp³-hybridized carbons (Fsp3) is 0.583. The Morgan fingerprint density at radius 3 is 2.75 bits per heavy atom. The molecule has 1 atom stereocenters. The Kier molecular flexibility index (Phi) is 3.30. The first-order chi connectivity index (χ1) is 7.63. The fourth-order valence-electron chi connectivity index (χ4n) is 2.02. The zero-order valence-electron chi connectivity index (χ0n) is 9.77. The Bertz CT molecular complexity index is 384. The molecule has 0 aromatic carbocycles.